The van der Waals surface area contributed by atoms with E-state index in [0.717, 1.165) is 48.5 Å². The third kappa shape index (κ3) is 3.31. The summed E-state index contributed by atoms with van der Waals surface area (Å²) in [5.74, 6) is 1.22. The highest BCUT2D eigenvalue weighted by atomic mass is 16.5. The molecule has 1 aromatic heterocycles. The number of para-hydroxylation sites is 2. The van der Waals surface area contributed by atoms with Gasteiger partial charge in [-0.1, -0.05) is 12.1 Å². The minimum atomic E-state index is 0.0412. The number of morpholine rings is 1. The quantitative estimate of drug-likeness (QED) is 0.837. The summed E-state index contributed by atoms with van der Waals surface area (Å²) >= 11 is 0. The number of fused-ring (bicyclic) bond motifs is 1. The van der Waals surface area contributed by atoms with Gasteiger partial charge in [-0.15, -0.1) is 0 Å². The molecule has 2 aliphatic heterocycles. The number of benzene rings is 1. The molecule has 132 valence electrons. The molecule has 1 atom stereocenters. The molecule has 2 aliphatic rings. The molecule has 6 nitrogen and oxygen atoms in total. The third-order valence-electron chi connectivity index (χ3n) is 5.11. The van der Waals surface area contributed by atoms with Crippen molar-refractivity contribution in [2.75, 3.05) is 44.3 Å². The van der Waals surface area contributed by atoms with Gasteiger partial charge in [-0.3, -0.25) is 4.79 Å². The number of carbonyl (C=O) groups excluding carboxylic acids is 1. The summed E-state index contributed by atoms with van der Waals surface area (Å²) in [4.78, 5) is 26.5. The van der Waals surface area contributed by atoms with E-state index >= 15 is 0 Å². The minimum Gasteiger partial charge on any atom is -0.378 e. The number of hydrogen-bond donors (Lipinski definition) is 0. The first-order valence-electron chi connectivity index (χ1n) is 9.07. The van der Waals surface area contributed by atoms with Crippen molar-refractivity contribution in [3.05, 3.63) is 30.0 Å². The summed E-state index contributed by atoms with van der Waals surface area (Å²) in [7, 11) is 0. The summed E-state index contributed by atoms with van der Waals surface area (Å²) in [5, 5.41) is 0. The molecular weight excluding hydrogens is 316 g/mol. The van der Waals surface area contributed by atoms with Crippen LogP contribution in [0, 0.1) is 12.8 Å². The Bertz CT molecular complexity index is 773. The van der Waals surface area contributed by atoms with Gasteiger partial charge in [0.15, 0.2) is 5.82 Å². The lowest BCUT2D eigenvalue weighted by atomic mass is 9.96. The van der Waals surface area contributed by atoms with Gasteiger partial charge in [0.2, 0.25) is 5.91 Å². The van der Waals surface area contributed by atoms with Crippen LogP contribution in [-0.4, -0.2) is 60.2 Å². The van der Waals surface area contributed by atoms with Crippen LogP contribution in [0.4, 0.5) is 5.82 Å². The molecule has 0 aliphatic carbocycles. The van der Waals surface area contributed by atoms with Crippen molar-refractivity contribution in [2.45, 2.75) is 19.8 Å². The number of anilines is 1. The number of ether oxygens (including phenoxy) is 1. The van der Waals surface area contributed by atoms with E-state index in [4.69, 9.17) is 14.7 Å². The average molecular weight is 340 g/mol. The van der Waals surface area contributed by atoms with Crippen LogP contribution >= 0.6 is 0 Å². The summed E-state index contributed by atoms with van der Waals surface area (Å²) in [6.45, 7) is 6.39. The Hall–Kier alpha value is -2.21. The normalized spacial score (nSPS) is 21.6. The SMILES string of the molecule is Cc1nc2ccccc2nc1N1CCC[C@H](C(=O)N2CCOCC2)C1. The zero-order valence-electron chi connectivity index (χ0n) is 14.6. The predicted molar refractivity (Wildman–Crippen MR) is 96.6 cm³/mol. The lowest BCUT2D eigenvalue weighted by Gasteiger charge is -2.37. The standard InChI is InChI=1S/C19H24N4O2/c1-14-18(21-17-7-3-2-6-16(17)20-14)23-8-4-5-15(13-23)19(24)22-9-11-25-12-10-22/h2-3,6-7,15H,4-5,8-13H2,1H3/t15-/m0/s1. The molecule has 0 N–H and O–H groups in total. The molecule has 6 heteroatoms. The van der Waals surface area contributed by atoms with Crippen LogP contribution in [0.1, 0.15) is 18.5 Å². The highest BCUT2D eigenvalue weighted by molar-refractivity contribution is 5.80. The van der Waals surface area contributed by atoms with Gasteiger partial charge in [-0.2, -0.15) is 0 Å². The monoisotopic (exact) mass is 340 g/mol. The molecule has 0 radical (unpaired) electrons. The van der Waals surface area contributed by atoms with E-state index in [9.17, 15) is 4.79 Å². The maximum atomic E-state index is 12.8. The smallest absolute Gasteiger partial charge is 0.227 e. The second-order valence-corrected chi connectivity index (χ2v) is 6.84. The topological polar surface area (TPSA) is 58.6 Å². The van der Waals surface area contributed by atoms with Crippen LogP contribution in [0.15, 0.2) is 24.3 Å². The number of carbonyl (C=O) groups is 1. The van der Waals surface area contributed by atoms with Gasteiger partial charge in [0.25, 0.3) is 0 Å². The molecule has 1 aromatic carbocycles. The molecule has 2 fully saturated rings. The van der Waals surface area contributed by atoms with Crippen LogP contribution in [0.25, 0.3) is 11.0 Å². The average Bonchev–Trinajstić information content (AvgIpc) is 2.67. The zero-order chi connectivity index (χ0) is 17.2. The van der Waals surface area contributed by atoms with Gasteiger partial charge in [0.05, 0.1) is 35.9 Å². The zero-order valence-corrected chi connectivity index (χ0v) is 14.6. The number of aromatic nitrogens is 2. The van der Waals surface area contributed by atoms with Crippen molar-refractivity contribution in [3.8, 4) is 0 Å². The Labute approximate surface area is 147 Å². The van der Waals surface area contributed by atoms with Crippen LogP contribution in [0.3, 0.4) is 0 Å². The van der Waals surface area contributed by atoms with E-state index in [-0.39, 0.29) is 11.8 Å². The largest absolute Gasteiger partial charge is 0.378 e. The van der Waals surface area contributed by atoms with Gasteiger partial charge < -0.3 is 14.5 Å². The Morgan fingerprint density at radius 2 is 1.84 bits per heavy atom. The second-order valence-electron chi connectivity index (χ2n) is 6.84. The molecule has 0 unspecified atom stereocenters. The fraction of sp³-hybridized carbons (Fsp3) is 0.526. The minimum absolute atomic E-state index is 0.0412. The molecule has 25 heavy (non-hydrogen) atoms. The molecule has 1 amide bonds. The molecule has 0 bridgehead atoms. The van der Waals surface area contributed by atoms with Crippen molar-refractivity contribution in [1.29, 1.82) is 0 Å². The van der Waals surface area contributed by atoms with Crippen molar-refractivity contribution in [1.82, 2.24) is 14.9 Å². The van der Waals surface area contributed by atoms with Gasteiger partial charge in [-0.05, 0) is 31.9 Å². The fourth-order valence-electron chi connectivity index (χ4n) is 3.79. The number of rotatable bonds is 2. The number of aryl methyl sites for hydroxylation is 1. The van der Waals surface area contributed by atoms with E-state index in [2.05, 4.69) is 4.90 Å². The van der Waals surface area contributed by atoms with E-state index < -0.39 is 0 Å². The van der Waals surface area contributed by atoms with Crippen LogP contribution < -0.4 is 4.90 Å². The summed E-state index contributed by atoms with van der Waals surface area (Å²) in [6, 6.07) is 7.94. The highest BCUT2D eigenvalue weighted by Crippen LogP contribution is 2.26. The first-order valence-corrected chi connectivity index (χ1v) is 9.07. The third-order valence-corrected chi connectivity index (χ3v) is 5.11. The van der Waals surface area contributed by atoms with E-state index in [1.807, 2.05) is 36.1 Å². The van der Waals surface area contributed by atoms with Gasteiger partial charge in [-0.25, -0.2) is 9.97 Å². The number of hydrogen-bond acceptors (Lipinski definition) is 5. The Balaban J connectivity index is 1.54. The van der Waals surface area contributed by atoms with Crippen molar-refractivity contribution in [2.24, 2.45) is 5.92 Å². The summed E-state index contributed by atoms with van der Waals surface area (Å²) < 4.78 is 5.36. The maximum absolute atomic E-state index is 12.8. The summed E-state index contributed by atoms with van der Waals surface area (Å²) in [6.07, 6.45) is 1.96. The number of nitrogens with zero attached hydrogens (tertiary/aromatic N) is 4. The van der Waals surface area contributed by atoms with E-state index in [1.54, 1.807) is 0 Å². The van der Waals surface area contributed by atoms with E-state index in [1.165, 1.54) is 0 Å². The molecule has 0 spiro atoms. The lowest BCUT2D eigenvalue weighted by Crippen LogP contribution is -2.48. The molecule has 0 saturated carbocycles. The maximum Gasteiger partial charge on any atom is 0.227 e. The van der Waals surface area contributed by atoms with Crippen LogP contribution in [-0.2, 0) is 9.53 Å². The molecule has 3 heterocycles. The predicted octanol–water partition coefficient (Wildman–Crippen LogP) is 2.01. The van der Waals surface area contributed by atoms with Gasteiger partial charge in [0.1, 0.15) is 0 Å². The highest BCUT2D eigenvalue weighted by Gasteiger charge is 2.31. The first kappa shape index (κ1) is 16.3. The molecule has 4 rings (SSSR count). The molecule has 2 saturated heterocycles. The summed E-state index contributed by atoms with van der Waals surface area (Å²) in [5.41, 5.74) is 2.75. The molecule has 2 aromatic rings. The Morgan fingerprint density at radius 1 is 1.12 bits per heavy atom. The Morgan fingerprint density at radius 3 is 2.60 bits per heavy atom. The van der Waals surface area contributed by atoms with Crippen molar-refractivity contribution < 1.29 is 9.53 Å². The van der Waals surface area contributed by atoms with Crippen molar-refractivity contribution >= 4 is 22.8 Å². The van der Waals surface area contributed by atoms with E-state index in [0.29, 0.717) is 26.3 Å². The van der Waals surface area contributed by atoms with Crippen molar-refractivity contribution in [3.63, 3.8) is 0 Å². The van der Waals surface area contributed by atoms with Crippen LogP contribution in [0.5, 0.6) is 0 Å². The van der Waals surface area contributed by atoms with Crippen LogP contribution in [0.2, 0.25) is 0 Å². The fourth-order valence-corrected chi connectivity index (χ4v) is 3.79. The van der Waals surface area contributed by atoms with Gasteiger partial charge in [0, 0.05) is 26.2 Å². The molecular formula is C19H24N4O2. The second kappa shape index (κ2) is 6.96. The first-order chi connectivity index (χ1) is 12.2. The number of amides is 1. The lowest BCUT2D eigenvalue weighted by molar-refractivity contribution is -0.139. The van der Waals surface area contributed by atoms with Gasteiger partial charge >= 0.3 is 0 Å². The Kier molecular flexibility index (Phi) is 4.53. The number of piperidine rings is 1.